The minimum atomic E-state index is -0.569. The molecule has 1 N–H and O–H groups in total. The van der Waals surface area contributed by atoms with Crippen LogP contribution in [0.1, 0.15) is 45.3 Å². The number of likely N-dealkylation sites (tertiary alicyclic amines) is 1. The zero-order valence-corrected chi connectivity index (χ0v) is 12.1. The first-order chi connectivity index (χ1) is 8.88. The molecule has 106 valence electrons. The van der Waals surface area contributed by atoms with Gasteiger partial charge in [-0.1, -0.05) is 12.1 Å². The average Bonchev–Trinajstić information content (AvgIpc) is 2.37. The lowest BCUT2D eigenvalue weighted by molar-refractivity contribution is 0.0147. The van der Waals surface area contributed by atoms with Crippen molar-refractivity contribution >= 4 is 0 Å². The molecule has 1 heterocycles. The van der Waals surface area contributed by atoms with Crippen molar-refractivity contribution in [1.82, 2.24) is 4.90 Å². The number of aliphatic hydroxyl groups is 1. The number of rotatable bonds is 2. The van der Waals surface area contributed by atoms with Gasteiger partial charge in [0.05, 0.1) is 6.10 Å². The number of nitrogens with zero attached hydrogens (tertiary/aromatic N) is 1. The Hall–Kier alpha value is -0.930. The molecule has 2 atom stereocenters. The number of benzene rings is 1. The fourth-order valence-electron chi connectivity index (χ4n) is 2.84. The Morgan fingerprint density at radius 2 is 2.11 bits per heavy atom. The van der Waals surface area contributed by atoms with Crippen LogP contribution in [0.25, 0.3) is 0 Å². The Balaban J connectivity index is 2.09. The van der Waals surface area contributed by atoms with Gasteiger partial charge >= 0.3 is 0 Å². The molecule has 0 aromatic heterocycles. The first-order valence-electron chi connectivity index (χ1n) is 7.06. The van der Waals surface area contributed by atoms with Gasteiger partial charge in [-0.2, -0.15) is 0 Å². The normalized spacial score (nSPS) is 23.3. The number of halogens is 1. The summed E-state index contributed by atoms with van der Waals surface area (Å²) in [5.41, 5.74) is 0.820. The van der Waals surface area contributed by atoms with E-state index < -0.39 is 6.10 Å². The zero-order valence-electron chi connectivity index (χ0n) is 12.1. The van der Waals surface area contributed by atoms with Crippen LogP contribution in [-0.4, -0.2) is 28.6 Å². The van der Waals surface area contributed by atoms with Gasteiger partial charge in [-0.15, -0.1) is 0 Å². The smallest absolute Gasteiger partial charge is 0.123 e. The van der Waals surface area contributed by atoms with Crippen molar-refractivity contribution in [2.24, 2.45) is 5.92 Å². The lowest BCUT2D eigenvalue weighted by Crippen LogP contribution is -2.48. The maximum atomic E-state index is 13.2. The van der Waals surface area contributed by atoms with E-state index in [0.717, 1.165) is 25.9 Å². The molecule has 1 aliphatic heterocycles. The number of hydrogen-bond donors (Lipinski definition) is 1. The number of hydrogen-bond acceptors (Lipinski definition) is 2. The van der Waals surface area contributed by atoms with Gasteiger partial charge in [0.25, 0.3) is 0 Å². The maximum Gasteiger partial charge on any atom is 0.123 e. The minimum absolute atomic E-state index is 0.125. The molecule has 1 aromatic carbocycles. The van der Waals surface area contributed by atoms with Crippen molar-refractivity contribution in [2.75, 3.05) is 13.1 Å². The van der Waals surface area contributed by atoms with Crippen molar-refractivity contribution in [3.8, 4) is 0 Å². The summed E-state index contributed by atoms with van der Waals surface area (Å²) in [6.45, 7) is 8.55. The van der Waals surface area contributed by atoms with E-state index in [1.165, 1.54) is 12.1 Å². The van der Waals surface area contributed by atoms with Crippen LogP contribution in [0.2, 0.25) is 0 Å². The van der Waals surface area contributed by atoms with Gasteiger partial charge in [-0.3, -0.25) is 4.90 Å². The molecule has 1 aliphatic rings. The molecular formula is C16H24FNO. The Kier molecular flexibility index (Phi) is 4.26. The van der Waals surface area contributed by atoms with Gasteiger partial charge in [-0.05, 0) is 57.9 Å². The third-order valence-electron chi connectivity index (χ3n) is 4.04. The third kappa shape index (κ3) is 3.54. The second-order valence-electron chi connectivity index (χ2n) is 6.52. The monoisotopic (exact) mass is 265 g/mol. The largest absolute Gasteiger partial charge is 0.388 e. The molecule has 0 spiro atoms. The van der Waals surface area contributed by atoms with Crippen LogP contribution in [0.5, 0.6) is 0 Å². The van der Waals surface area contributed by atoms with Gasteiger partial charge in [0, 0.05) is 18.0 Å². The summed E-state index contributed by atoms with van der Waals surface area (Å²) in [5.74, 6) is -0.0881. The molecule has 1 fully saturated rings. The number of aliphatic hydroxyl groups excluding tert-OH is 1. The molecule has 2 nitrogen and oxygen atoms in total. The zero-order chi connectivity index (χ0) is 14.0. The maximum absolute atomic E-state index is 13.2. The van der Waals surface area contributed by atoms with Crippen LogP contribution >= 0.6 is 0 Å². The fraction of sp³-hybridized carbons (Fsp3) is 0.625. The Labute approximate surface area is 115 Å². The summed E-state index contributed by atoms with van der Waals surface area (Å²) < 4.78 is 13.2. The second kappa shape index (κ2) is 5.59. The number of piperidine rings is 1. The molecule has 0 radical (unpaired) electrons. The highest BCUT2D eigenvalue weighted by Gasteiger charge is 2.31. The van der Waals surface area contributed by atoms with Crippen LogP contribution in [0.3, 0.4) is 0 Å². The summed E-state index contributed by atoms with van der Waals surface area (Å²) in [4.78, 5) is 2.41. The van der Waals surface area contributed by atoms with Gasteiger partial charge in [0.15, 0.2) is 0 Å². The van der Waals surface area contributed by atoms with Crippen LogP contribution in [0.4, 0.5) is 4.39 Å². The minimum Gasteiger partial charge on any atom is -0.388 e. The molecule has 0 saturated carbocycles. The molecule has 2 unspecified atom stereocenters. The van der Waals surface area contributed by atoms with Crippen LogP contribution in [-0.2, 0) is 0 Å². The average molecular weight is 265 g/mol. The van der Waals surface area contributed by atoms with E-state index in [0.29, 0.717) is 5.56 Å². The van der Waals surface area contributed by atoms with Crippen molar-refractivity contribution in [3.63, 3.8) is 0 Å². The lowest BCUT2D eigenvalue weighted by Gasteiger charge is -2.42. The van der Waals surface area contributed by atoms with Crippen LogP contribution in [0.15, 0.2) is 24.3 Å². The summed E-state index contributed by atoms with van der Waals surface area (Å²) >= 11 is 0. The van der Waals surface area contributed by atoms with Gasteiger partial charge in [0.2, 0.25) is 0 Å². The topological polar surface area (TPSA) is 23.5 Å². The van der Waals surface area contributed by atoms with E-state index in [1.807, 2.05) is 6.07 Å². The van der Waals surface area contributed by atoms with E-state index in [9.17, 15) is 9.50 Å². The molecule has 2 rings (SSSR count). The summed E-state index contributed by atoms with van der Waals surface area (Å²) in [6.07, 6.45) is 1.53. The highest BCUT2D eigenvalue weighted by molar-refractivity contribution is 5.19. The van der Waals surface area contributed by atoms with E-state index in [1.54, 1.807) is 6.07 Å². The van der Waals surface area contributed by atoms with Gasteiger partial charge in [0.1, 0.15) is 5.82 Å². The fourth-order valence-corrected chi connectivity index (χ4v) is 2.84. The molecule has 1 saturated heterocycles. The molecule has 0 bridgehead atoms. The first kappa shape index (κ1) is 14.5. The van der Waals surface area contributed by atoms with Crippen molar-refractivity contribution in [3.05, 3.63) is 35.6 Å². The van der Waals surface area contributed by atoms with Gasteiger partial charge < -0.3 is 5.11 Å². The Morgan fingerprint density at radius 1 is 1.37 bits per heavy atom. The lowest BCUT2D eigenvalue weighted by atomic mass is 9.86. The predicted molar refractivity (Wildman–Crippen MR) is 75.4 cm³/mol. The highest BCUT2D eigenvalue weighted by atomic mass is 19.1. The molecular weight excluding hydrogens is 241 g/mol. The predicted octanol–water partition coefficient (Wildman–Crippen LogP) is 3.37. The summed E-state index contributed by atoms with van der Waals surface area (Å²) in [6, 6.07) is 6.33. The van der Waals surface area contributed by atoms with E-state index in [-0.39, 0.29) is 17.3 Å². The van der Waals surface area contributed by atoms with Crippen LogP contribution < -0.4 is 0 Å². The Bertz CT molecular complexity index is 427. The molecule has 3 heteroatoms. The molecule has 0 aliphatic carbocycles. The van der Waals surface area contributed by atoms with Gasteiger partial charge in [-0.25, -0.2) is 4.39 Å². The summed E-state index contributed by atoms with van der Waals surface area (Å²) in [5, 5.41) is 10.5. The Morgan fingerprint density at radius 3 is 2.74 bits per heavy atom. The standard InChI is InChI=1S/C16H24FNO/c1-16(2,3)18-9-5-7-13(11-18)15(19)12-6-4-8-14(17)10-12/h4,6,8,10,13,15,19H,5,7,9,11H2,1-3H3. The molecule has 1 aromatic rings. The van der Waals surface area contributed by atoms with Crippen molar-refractivity contribution in [2.45, 2.75) is 45.3 Å². The van der Waals surface area contributed by atoms with Crippen LogP contribution in [0, 0.1) is 11.7 Å². The summed E-state index contributed by atoms with van der Waals surface area (Å²) in [7, 11) is 0. The van der Waals surface area contributed by atoms with E-state index >= 15 is 0 Å². The highest BCUT2D eigenvalue weighted by Crippen LogP contribution is 2.32. The van der Waals surface area contributed by atoms with Crippen molar-refractivity contribution < 1.29 is 9.50 Å². The quantitative estimate of drug-likeness (QED) is 0.886. The van der Waals surface area contributed by atoms with E-state index in [4.69, 9.17) is 0 Å². The molecule has 0 amide bonds. The third-order valence-corrected chi connectivity index (χ3v) is 4.04. The van der Waals surface area contributed by atoms with Crippen molar-refractivity contribution in [1.29, 1.82) is 0 Å². The molecule has 19 heavy (non-hydrogen) atoms. The second-order valence-corrected chi connectivity index (χ2v) is 6.52. The SMILES string of the molecule is CC(C)(C)N1CCCC(C(O)c2cccc(F)c2)C1. The first-order valence-corrected chi connectivity index (χ1v) is 7.06. The van der Waals surface area contributed by atoms with E-state index in [2.05, 4.69) is 25.7 Å².